The molecule has 1 aromatic carbocycles. The molecule has 0 aromatic heterocycles. The van der Waals surface area contributed by atoms with Crippen LogP contribution in [0.3, 0.4) is 0 Å². The van der Waals surface area contributed by atoms with Crippen molar-refractivity contribution in [3.05, 3.63) is 29.8 Å². The number of benzene rings is 1. The average molecular weight is 278 g/mol. The second kappa shape index (κ2) is 5.88. The molecule has 0 spiro atoms. The van der Waals surface area contributed by atoms with Crippen LogP contribution in [0.25, 0.3) is 0 Å². The first-order chi connectivity index (χ1) is 9.03. The van der Waals surface area contributed by atoms with E-state index >= 15 is 0 Å². The first-order valence-corrected chi connectivity index (χ1v) is 7.04. The molecule has 2 rings (SSSR count). The van der Waals surface area contributed by atoms with Gasteiger partial charge in [0.1, 0.15) is 5.75 Å². The molecule has 2 N–H and O–H groups in total. The maximum atomic E-state index is 5.68. The molecule has 0 saturated heterocycles. The van der Waals surface area contributed by atoms with Crippen molar-refractivity contribution in [3.8, 4) is 5.75 Å². The summed E-state index contributed by atoms with van der Waals surface area (Å²) in [5, 5.41) is 0. The molecular formula is C15H22N2OS. The highest BCUT2D eigenvalue weighted by Gasteiger charge is 2.43. The lowest BCUT2D eigenvalue weighted by Crippen LogP contribution is -2.29. The van der Waals surface area contributed by atoms with Crippen LogP contribution in [0.2, 0.25) is 0 Å². The van der Waals surface area contributed by atoms with Gasteiger partial charge in [0, 0.05) is 19.5 Å². The van der Waals surface area contributed by atoms with Crippen molar-refractivity contribution >= 4 is 17.2 Å². The summed E-state index contributed by atoms with van der Waals surface area (Å²) in [5.74, 6) is 0.912. The zero-order chi connectivity index (χ0) is 13.9. The highest BCUT2D eigenvalue weighted by Crippen LogP contribution is 2.49. The molecule has 0 amide bonds. The molecule has 0 radical (unpaired) electrons. The van der Waals surface area contributed by atoms with Gasteiger partial charge in [0.25, 0.3) is 0 Å². The fourth-order valence-electron chi connectivity index (χ4n) is 2.65. The molecule has 0 atom stereocenters. The van der Waals surface area contributed by atoms with Crippen LogP contribution in [0.15, 0.2) is 24.3 Å². The van der Waals surface area contributed by atoms with Crippen LogP contribution in [-0.4, -0.2) is 30.6 Å². The van der Waals surface area contributed by atoms with Gasteiger partial charge in [-0.25, -0.2) is 0 Å². The molecule has 1 saturated carbocycles. The molecule has 3 nitrogen and oxygen atoms in total. The summed E-state index contributed by atoms with van der Waals surface area (Å²) in [4.78, 5) is 2.99. The summed E-state index contributed by atoms with van der Waals surface area (Å²) >= 11 is 5.04. The predicted octanol–water partition coefficient (Wildman–Crippen LogP) is 2.58. The van der Waals surface area contributed by atoms with Gasteiger partial charge in [-0.15, -0.1) is 0 Å². The Balaban J connectivity index is 1.90. The number of hydrogen-bond acceptors (Lipinski definition) is 3. The van der Waals surface area contributed by atoms with Crippen molar-refractivity contribution in [2.45, 2.75) is 25.8 Å². The van der Waals surface area contributed by atoms with Crippen LogP contribution in [0.1, 0.15) is 24.8 Å². The van der Waals surface area contributed by atoms with E-state index in [0.717, 1.165) is 25.3 Å². The average Bonchev–Trinajstić information content (AvgIpc) is 3.07. The molecule has 19 heavy (non-hydrogen) atoms. The molecule has 0 bridgehead atoms. The van der Waals surface area contributed by atoms with E-state index in [2.05, 4.69) is 24.1 Å². The third-order valence-corrected chi connectivity index (χ3v) is 3.84. The molecule has 0 aliphatic heterocycles. The number of methoxy groups -OCH3 is 1. The van der Waals surface area contributed by atoms with Gasteiger partial charge in [-0.3, -0.25) is 0 Å². The maximum Gasteiger partial charge on any atom is 0.119 e. The number of hydrogen-bond donors (Lipinski definition) is 1. The lowest BCUT2D eigenvalue weighted by Gasteiger charge is -2.23. The van der Waals surface area contributed by atoms with Gasteiger partial charge in [-0.2, -0.15) is 0 Å². The van der Waals surface area contributed by atoms with Crippen LogP contribution in [0, 0.1) is 5.41 Å². The van der Waals surface area contributed by atoms with Crippen molar-refractivity contribution in [2.24, 2.45) is 11.1 Å². The predicted molar refractivity (Wildman–Crippen MR) is 82.4 cm³/mol. The zero-order valence-corrected chi connectivity index (χ0v) is 12.5. The van der Waals surface area contributed by atoms with E-state index < -0.39 is 0 Å². The van der Waals surface area contributed by atoms with Crippen LogP contribution in [0.5, 0.6) is 5.75 Å². The van der Waals surface area contributed by atoms with Gasteiger partial charge in [0.2, 0.25) is 0 Å². The third kappa shape index (κ3) is 4.18. The molecule has 1 aliphatic rings. The number of ether oxygens (including phenoxy) is 1. The Kier molecular flexibility index (Phi) is 4.42. The Morgan fingerprint density at radius 1 is 1.47 bits per heavy atom. The summed E-state index contributed by atoms with van der Waals surface area (Å²) in [7, 11) is 3.85. The Morgan fingerprint density at radius 2 is 2.21 bits per heavy atom. The third-order valence-electron chi connectivity index (χ3n) is 3.70. The summed E-state index contributed by atoms with van der Waals surface area (Å²) < 4.78 is 5.25. The summed E-state index contributed by atoms with van der Waals surface area (Å²) in [5.41, 5.74) is 7.30. The molecule has 0 heterocycles. The van der Waals surface area contributed by atoms with E-state index in [1.54, 1.807) is 7.11 Å². The van der Waals surface area contributed by atoms with Crippen molar-refractivity contribution in [1.82, 2.24) is 4.90 Å². The fourth-order valence-corrected chi connectivity index (χ4v) is 2.95. The molecule has 1 fully saturated rings. The fraction of sp³-hybridized carbons (Fsp3) is 0.533. The minimum Gasteiger partial charge on any atom is -0.497 e. The van der Waals surface area contributed by atoms with Gasteiger partial charge in [0.05, 0.1) is 12.1 Å². The van der Waals surface area contributed by atoms with E-state index in [0.29, 0.717) is 10.4 Å². The highest BCUT2D eigenvalue weighted by molar-refractivity contribution is 7.80. The Labute approximate surface area is 120 Å². The van der Waals surface area contributed by atoms with Crippen molar-refractivity contribution in [1.29, 1.82) is 0 Å². The first kappa shape index (κ1) is 14.3. The van der Waals surface area contributed by atoms with Crippen LogP contribution < -0.4 is 10.5 Å². The molecule has 1 aliphatic carbocycles. The van der Waals surface area contributed by atoms with Gasteiger partial charge in [-0.1, -0.05) is 24.4 Å². The number of thiocarbonyl (C=S) groups is 1. The van der Waals surface area contributed by atoms with Gasteiger partial charge < -0.3 is 15.4 Å². The normalized spacial score (nSPS) is 16.4. The van der Waals surface area contributed by atoms with E-state index in [1.807, 2.05) is 12.1 Å². The van der Waals surface area contributed by atoms with Gasteiger partial charge in [-0.05, 0) is 43.0 Å². The quantitative estimate of drug-likeness (QED) is 0.778. The maximum absolute atomic E-state index is 5.68. The van der Waals surface area contributed by atoms with Crippen LogP contribution >= 0.6 is 12.2 Å². The van der Waals surface area contributed by atoms with E-state index in [1.165, 1.54) is 18.4 Å². The molecule has 4 heteroatoms. The van der Waals surface area contributed by atoms with E-state index in [-0.39, 0.29) is 0 Å². The largest absolute Gasteiger partial charge is 0.497 e. The minimum atomic E-state index is 0.347. The summed E-state index contributed by atoms with van der Waals surface area (Å²) in [6.07, 6.45) is 3.37. The molecule has 104 valence electrons. The second-order valence-corrected chi connectivity index (χ2v) is 6.19. The Bertz CT molecular complexity index is 457. The lowest BCUT2D eigenvalue weighted by molar-refractivity contribution is 0.259. The molecular weight excluding hydrogens is 256 g/mol. The smallest absolute Gasteiger partial charge is 0.119 e. The standard InChI is InChI=1S/C15H22N2OS/c1-17(11-15(6-7-15)9-14(16)19)10-12-4-3-5-13(8-12)18-2/h3-5,8H,6-7,9-11H2,1-2H3,(H2,16,19). The minimum absolute atomic E-state index is 0.347. The highest BCUT2D eigenvalue weighted by atomic mass is 32.1. The van der Waals surface area contributed by atoms with Crippen LogP contribution in [-0.2, 0) is 6.54 Å². The Morgan fingerprint density at radius 3 is 2.79 bits per heavy atom. The second-order valence-electron chi connectivity index (χ2n) is 5.67. The summed E-state index contributed by atoms with van der Waals surface area (Å²) in [6, 6.07) is 8.22. The lowest BCUT2D eigenvalue weighted by atomic mass is 10.0. The molecule has 1 aromatic rings. The van der Waals surface area contributed by atoms with Gasteiger partial charge >= 0.3 is 0 Å². The summed E-state index contributed by atoms with van der Waals surface area (Å²) in [6.45, 7) is 1.98. The van der Waals surface area contributed by atoms with E-state index in [4.69, 9.17) is 22.7 Å². The van der Waals surface area contributed by atoms with Gasteiger partial charge in [0.15, 0.2) is 0 Å². The first-order valence-electron chi connectivity index (χ1n) is 6.63. The Hall–Kier alpha value is -1.13. The molecule has 0 unspecified atom stereocenters. The van der Waals surface area contributed by atoms with Crippen molar-refractivity contribution in [2.75, 3.05) is 20.7 Å². The topological polar surface area (TPSA) is 38.5 Å². The van der Waals surface area contributed by atoms with Crippen molar-refractivity contribution < 1.29 is 4.74 Å². The monoisotopic (exact) mass is 278 g/mol. The van der Waals surface area contributed by atoms with E-state index in [9.17, 15) is 0 Å². The number of nitrogens with two attached hydrogens (primary N) is 1. The SMILES string of the molecule is COc1cccc(CN(C)CC2(CC(N)=S)CC2)c1. The zero-order valence-electron chi connectivity index (χ0n) is 11.7. The number of nitrogens with zero attached hydrogens (tertiary/aromatic N) is 1. The van der Waals surface area contributed by atoms with Crippen molar-refractivity contribution in [3.63, 3.8) is 0 Å². The van der Waals surface area contributed by atoms with Crippen LogP contribution in [0.4, 0.5) is 0 Å². The number of rotatable bonds is 7.